The molecule has 1 unspecified atom stereocenters. The Hall–Kier alpha value is -4.14. The number of nitrogens with zero attached hydrogens (tertiary/aromatic N) is 5. The van der Waals surface area contributed by atoms with E-state index in [4.69, 9.17) is 4.74 Å². The Bertz CT molecular complexity index is 1340. The summed E-state index contributed by atoms with van der Waals surface area (Å²) in [6.45, 7) is 5.31. The highest BCUT2D eigenvalue weighted by Crippen LogP contribution is 2.21. The van der Waals surface area contributed by atoms with Crippen molar-refractivity contribution in [3.63, 3.8) is 0 Å². The molecule has 2 aromatic heterocycles. The van der Waals surface area contributed by atoms with E-state index in [2.05, 4.69) is 22.1 Å². The van der Waals surface area contributed by atoms with Crippen LogP contribution in [0.3, 0.4) is 0 Å². The number of rotatable bonds is 5. The molecule has 1 fully saturated rings. The predicted molar refractivity (Wildman–Crippen MR) is 119 cm³/mol. The lowest BCUT2D eigenvalue weighted by Crippen LogP contribution is -2.40. The maximum atomic E-state index is 13.6. The van der Waals surface area contributed by atoms with Crippen LogP contribution in [0.5, 0.6) is 11.6 Å². The van der Waals surface area contributed by atoms with Crippen LogP contribution in [0, 0.1) is 0 Å². The summed E-state index contributed by atoms with van der Waals surface area (Å²) in [5.41, 5.74) is 0.591. The lowest BCUT2D eigenvalue weighted by atomic mass is 10.2. The molecule has 1 saturated heterocycles. The van der Waals surface area contributed by atoms with Gasteiger partial charge in [0, 0.05) is 38.1 Å². The van der Waals surface area contributed by atoms with Crippen molar-refractivity contribution in [2.75, 3.05) is 19.6 Å². The SMILES string of the molecule is C=CC(=O)N1CCC(n2c3c(n(-c4ccc(Oc5cccnn5)cc4)c2=O)=CNCC=3)C1. The molecule has 0 aliphatic carbocycles. The maximum absolute atomic E-state index is 13.6. The average Bonchev–Trinajstić information content (AvgIpc) is 3.42. The Morgan fingerprint density at radius 2 is 2.06 bits per heavy atom. The topological polar surface area (TPSA) is 94.3 Å². The summed E-state index contributed by atoms with van der Waals surface area (Å²) in [7, 11) is 0. The van der Waals surface area contributed by atoms with Crippen LogP contribution in [-0.2, 0) is 4.79 Å². The van der Waals surface area contributed by atoms with Crippen LogP contribution in [-0.4, -0.2) is 49.8 Å². The Morgan fingerprint density at radius 3 is 2.81 bits per heavy atom. The van der Waals surface area contributed by atoms with Gasteiger partial charge in [0.2, 0.25) is 11.8 Å². The molecule has 2 aliphatic heterocycles. The van der Waals surface area contributed by atoms with Gasteiger partial charge in [-0.3, -0.25) is 13.9 Å². The molecule has 1 atom stereocenters. The second kappa shape index (κ2) is 8.18. The molecule has 0 bridgehead atoms. The normalized spacial score (nSPS) is 17.0. The van der Waals surface area contributed by atoms with Gasteiger partial charge in [-0.2, -0.15) is 5.10 Å². The summed E-state index contributed by atoms with van der Waals surface area (Å²) >= 11 is 0. The second-order valence-electron chi connectivity index (χ2n) is 7.60. The van der Waals surface area contributed by atoms with Crippen LogP contribution in [0.15, 0.2) is 60.0 Å². The van der Waals surface area contributed by atoms with Gasteiger partial charge in [-0.1, -0.05) is 6.58 Å². The fraction of sp³-hybridized carbons (Fsp3) is 0.217. The Kier molecular flexibility index (Phi) is 5.06. The van der Waals surface area contributed by atoms with Gasteiger partial charge < -0.3 is 15.0 Å². The van der Waals surface area contributed by atoms with Gasteiger partial charge in [-0.25, -0.2) is 4.79 Å². The van der Waals surface area contributed by atoms with Crippen molar-refractivity contribution in [1.29, 1.82) is 0 Å². The van der Waals surface area contributed by atoms with Gasteiger partial charge in [0.1, 0.15) is 5.75 Å². The highest BCUT2D eigenvalue weighted by molar-refractivity contribution is 5.87. The van der Waals surface area contributed by atoms with Crippen molar-refractivity contribution < 1.29 is 9.53 Å². The predicted octanol–water partition coefficient (Wildman–Crippen LogP) is 0.302. The number of imidazole rings is 1. The van der Waals surface area contributed by atoms with E-state index in [1.165, 1.54) is 6.08 Å². The highest BCUT2D eigenvalue weighted by Gasteiger charge is 2.29. The molecule has 1 aromatic carbocycles. The molecular formula is C23H22N6O3. The van der Waals surface area contributed by atoms with Gasteiger partial charge in [0.05, 0.1) is 22.4 Å². The molecule has 5 rings (SSSR count). The van der Waals surface area contributed by atoms with E-state index in [0.29, 0.717) is 31.3 Å². The first kappa shape index (κ1) is 19.8. The van der Waals surface area contributed by atoms with E-state index in [9.17, 15) is 9.59 Å². The molecule has 9 heteroatoms. The number of hydrogen-bond donors (Lipinski definition) is 1. The number of aromatic nitrogens is 4. The van der Waals surface area contributed by atoms with Gasteiger partial charge in [0.15, 0.2) is 0 Å². The lowest BCUT2D eigenvalue weighted by molar-refractivity contribution is -0.125. The molecule has 0 spiro atoms. The third-order valence-corrected chi connectivity index (χ3v) is 5.69. The van der Waals surface area contributed by atoms with Gasteiger partial charge in [-0.15, -0.1) is 5.10 Å². The van der Waals surface area contributed by atoms with Crippen LogP contribution in [0.25, 0.3) is 18.0 Å². The molecule has 2 aliphatic rings. The number of likely N-dealkylation sites (tertiary alicyclic amines) is 1. The van der Waals surface area contributed by atoms with Crippen molar-refractivity contribution in [3.05, 3.63) is 76.4 Å². The largest absolute Gasteiger partial charge is 0.438 e. The number of carbonyl (C=O) groups is 1. The van der Waals surface area contributed by atoms with E-state index < -0.39 is 0 Å². The van der Waals surface area contributed by atoms with E-state index in [1.54, 1.807) is 39.9 Å². The molecule has 0 saturated carbocycles. The number of amides is 1. The average molecular weight is 430 g/mol. The third kappa shape index (κ3) is 3.47. The molecule has 1 N–H and O–H groups in total. The van der Waals surface area contributed by atoms with Crippen molar-refractivity contribution in [1.82, 2.24) is 29.5 Å². The van der Waals surface area contributed by atoms with Gasteiger partial charge in [-0.05, 0) is 48.9 Å². The molecule has 9 nitrogen and oxygen atoms in total. The lowest BCUT2D eigenvalue weighted by Gasteiger charge is -2.15. The molecule has 4 heterocycles. The number of fused-ring (bicyclic) bond motifs is 1. The smallest absolute Gasteiger partial charge is 0.334 e. The molecule has 3 aromatic rings. The van der Waals surface area contributed by atoms with E-state index in [0.717, 1.165) is 22.8 Å². The van der Waals surface area contributed by atoms with Crippen LogP contribution >= 0.6 is 0 Å². The van der Waals surface area contributed by atoms with E-state index in [1.807, 2.05) is 29.0 Å². The Labute approximate surface area is 183 Å². The van der Waals surface area contributed by atoms with E-state index >= 15 is 0 Å². The summed E-state index contributed by atoms with van der Waals surface area (Å²) in [4.78, 5) is 27.3. The number of hydrogen-bond acceptors (Lipinski definition) is 6. The van der Waals surface area contributed by atoms with E-state index in [-0.39, 0.29) is 17.6 Å². The first-order chi connectivity index (χ1) is 15.7. The van der Waals surface area contributed by atoms with Crippen molar-refractivity contribution in [2.45, 2.75) is 12.5 Å². The summed E-state index contributed by atoms with van der Waals surface area (Å²) in [6.07, 6.45) is 7.49. The van der Waals surface area contributed by atoms with Crippen LogP contribution in [0.1, 0.15) is 12.5 Å². The van der Waals surface area contributed by atoms with Gasteiger partial charge >= 0.3 is 5.69 Å². The summed E-state index contributed by atoms with van der Waals surface area (Å²) < 4.78 is 9.20. The monoisotopic (exact) mass is 430 g/mol. The zero-order chi connectivity index (χ0) is 22.1. The maximum Gasteiger partial charge on any atom is 0.334 e. The molecule has 162 valence electrons. The number of benzene rings is 1. The first-order valence-electron chi connectivity index (χ1n) is 10.4. The number of carbonyl (C=O) groups excluding carboxylic acids is 1. The first-order valence-corrected chi connectivity index (χ1v) is 10.4. The second-order valence-corrected chi connectivity index (χ2v) is 7.60. The zero-order valence-corrected chi connectivity index (χ0v) is 17.3. The fourth-order valence-corrected chi connectivity index (χ4v) is 4.21. The van der Waals surface area contributed by atoms with Crippen LogP contribution < -0.4 is 26.4 Å². The Balaban J connectivity index is 1.51. The molecule has 0 radical (unpaired) electrons. The standard InChI is InChI=1S/C23H22N6O3/c1-2-22(30)27-13-10-17(15-27)29-19-9-12-24-14-20(19)28(23(29)31)16-5-7-18(8-6-16)32-21-4-3-11-25-26-21/h2-9,11,14,17,24H,1,10,12-13,15H2. The minimum Gasteiger partial charge on any atom is -0.438 e. The summed E-state index contributed by atoms with van der Waals surface area (Å²) in [5.74, 6) is 0.885. The number of nitrogens with one attached hydrogen (secondary N) is 1. The van der Waals surface area contributed by atoms with Crippen molar-refractivity contribution in [3.8, 4) is 17.3 Å². The molecule has 32 heavy (non-hydrogen) atoms. The fourth-order valence-electron chi connectivity index (χ4n) is 4.21. The minimum absolute atomic E-state index is 0.0802. The summed E-state index contributed by atoms with van der Waals surface area (Å²) in [5, 5.41) is 12.6. The number of ether oxygens (including phenoxy) is 1. The van der Waals surface area contributed by atoms with Crippen molar-refractivity contribution >= 4 is 18.2 Å². The van der Waals surface area contributed by atoms with Crippen LogP contribution in [0.4, 0.5) is 0 Å². The molecule has 1 amide bonds. The van der Waals surface area contributed by atoms with Crippen LogP contribution in [0.2, 0.25) is 0 Å². The van der Waals surface area contributed by atoms with Crippen molar-refractivity contribution in [2.24, 2.45) is 0 Å². The third-order valence-electron chi connectivity index (χ3n) is 5.69. The summed E-state index contributed by atoms with van der Waals surface area (Å²) in [6, 6.07) is 10.6. The minimum atomic E-state index is -0.133. The Morgan fingerprint density at radius 1 is 1.22 bits per heavy atom. The van der Waals surface area contributed by atoms with Gasteiger partial charge in [0.25, 0.3) is 0 Å². The quantitative estimate of drug-likeness (QED) is 0.586. The zero-order valence-electron chi connectivity index (χ0n) is 17.3. The highest BCUT2D eigenvalue weighted by atomic mass is 16.5. The molecular weight excluding hydrogens is 408 g/mol.